The van der Waals surface area contributed by atoms with Gasteiger partial charge in [0.1, 0.15) is 5.75 Å². The molecule has 1 saturated heterocycles. The van der Waals surface area contributed by atoms with E-state index in [0.29, 0.717) is 17.4 Å². The lowest BCUT2D eigenvalue weighted by Crippen LogP contribution is -2.36. The van der Waals surface area contributed by atoms with Crippen LogP contribution in [-0.4, -0.2) is 35.1 Å². The Balaban J connectivity index is 2.08. The standard InChI is InChI=1S/C13H13BrF3NO2/c14-8-10-2-1-7-18(10)12(19)9-3-5-11(6-4-9)20-13(15,16)17/h3-6,10H,1-2,7-8H2. The van der Waals surface area contributed by atoms with Crippen LogP contribution in [0.3, 0.4) is 0 Å². The van der Waals surface area contributed by atoms with Crippen LogP contribution in [0.2, 0.25) is 0 Å². The highest BCUT2D eigenvalue weighted by Crippen LogP contribution is 2.25. The molecule has 0 spiro atoms. The lowest BCUT2D eigenvalue weighted by Gasteiger charge is -2.23. The van der Waals surface area contributed by atoms with Gasteiger partial charge in [-0.25, -0.2) is 0 Å². The second-order valence-electron chi connectivity index (χ2n) is 4.52. The summed E-state index contributed by atoms with van der Waals surface area (Å²) in [5.41, 5.74) is 0.368. The molecule has 3 nitrogen and oxygen atoms in total. The highest BCUT2D eigenvalue weighted by molar-refractivity contribution is 9.09. The molecule has 7 heteroatoms. The lowest BCUT2D eigenvalue weighted by molar-refractivity contribution is -0.274. The fraction of sp³-hybridized carbons (Fsp3) is 0.462. The molecule has 20 heavy (non-hydrogen) atoms. The topological polar surface area (TPSA) is 29.5 Å². The predicted molar refractivity (Wildman–Crippen MR) is 71.0 cm³/mol. The fourth-order valence-corrected chi connectivity index (χ4v) is 2.90. The number of rotatable bonds is 3. The number of hydrogen-bond acceptors (Lipinski definition) is 2. The second kappa shape index (κ2) is 6.03. The van der Waals surface area contributed by atoms with E-state index >= 15 is 0 Å². The number of amides is 1. The number of hydrogen-bond donors (Lipinski definition) is 0. The van der Waals surface area contributed by atoms with Crippen molar-refractivity contribution < 1.29 is 22.7 Å². The van der Waals surface area contributed by atoms with E-state index in [9.17, 15) is 18.0 Å². The number of ether oxygens (including phenoxy) is 1. The monoisotopic (exact) mass is 351 g/mol. The molecule has 1 aromatic carbocycles. The second-order valence-corrected chi connectivity index (χ2v) is 5.17. The van der Waals surface area contributed by atoms with Gasteiger partial charge in [0.25, 0.3) is 5.91 Å². The molecule has 0 aromatic heterocycles. The molecule has 1 aliphatic heterocycles. The minimum atomic E-state index is -4.72. The molecule has 1 heterocycles. The Hall–Kier alpha value is -1.24. The van der Waals surface area contributed by atoms with Gasteiger partial charge in [-0.05, 0) is 37.1 Å². The summed E-state index contributed by atoms with van der Waals surface area (Å²) in [6.07, 6.45) is -2.84. The Morgan fingerprint density at radius 1 is 1.35 bits per heavy atom. The smallest absolute Gasteiger partial charge is 0.406 e. The first-order valence-electron chi connectivity index (χ1n) is 6.13. The van der Waals surface area contributed by atoms with Crippen molar-refractivity contribution in [2.75, 3.05) is 11.9 Å². The van der Waals surface area contributed by atoms with Crippen LogP contribution in [0.5, 0.6) is 5.75 Å². The summed E-state index contributed by atoms with van der Waals surface area (Å²) in [7, 11) is 0. The fourth-order valence-electron chi connectivity index (χ4n) is 2.23. The van der Waals surface area contributed by atoms with E-state index in [-0.39, 0.29) is 17.7 Å². The van der Waals surface area contributed by atoms with Gasteiger partial charge in [-0.15, -0.1) is 13.2 Å². The van der Waals surface area contributed by atoms with Gasteiger partial charge < -0.3 is 9.64 Å². The van der Waals surface area contributed by atoms with Crippen molar-refractivity contribution in [3.05, 3.63) is 29.8 Å². The summed E-state index contributed by atoms with van der Waals surface area (Å²) in [6, 6.07) is 5.16. The van der Waals surface area contributed by atoms with Gasteiger partial charge in [0.2, 0.25) is 0 Å². The number of nitrogens with zero attached hydrogens (tertiary/aromatic N) is 1. The number of benzene rings is 1. The van der Waals surface area contributed by atoms with E-state index in [0.717, 1.165) is 25.0 Å². The maximum Gasteiger partial charge on any atom is 0.573 e. The quantitative estimate of drug-likeness (QED) is 0.779. The Bertz CT molecular complexity index is 475. The first-order valence-corrected chi connectivity index (χ1v) is 7.25. The average molecular weight is 352 g/mol. The Kier molecular flexibility index (Phi) is 4.57. The molecule has 1 atom stereocenters. The SMILES string of the molecule is O=C(c1ccc(OC(F)(F)F)cc1)N1CCCC1CBr. The van der Waals surface area contributed by atoms with Crippen LogP contribution in [0.1, 0.15) is 23.2 Å². The van der Waals surface area contributed by atoms with Crippen LogP contribution in [0.4, 0.5) is 13.2 Å². The first-order chi connectivity index (χ1) is 9.40. The van der Waals surface area contributed by atoms with E-state index in [1.165, 1.54) is 12.1 Å². The van der Waals surface area contributed by atoms with E-state index < -0.39 is 6.36 Å². The van der Waals surface area contributed by atoms with E-state index in [2.05, 4.69) is 20.7 Å². The van der Waals surface area contributed by atoms with Gasteiger partial charge in [-0.2, -0.15) is 0 Å². The zero-order valence-corrected chi connectivity index (χ0v) is 12.1. The van der Waals surface area contributed by atoms with Crippen molar-refractivity contribution in [2.24, 2.45) is 0 Å². The number of carbonyl (C=O) groups excluding carboxylic acids is 1. The predicted octanol–water partition coefficient (Wildman–Crippen LogP) is 3.58. The molecule has 1 aromatic rings. The average Bonchev–Trinajstić information content (AvgIpc) is 2.85. The summed E-state index contributed by atoms with van der Waals surface area (Å²) < 4.78 is 39.9. The molecular formula is C13H13BrF3NO2. The molecule has 1 unspecified atom stereocenters. The molecule has 0 saturated carbocycles. The zero-order chi connectivity index (χ0) is 14.8. The number of likely N-dealkylation sites (tertiary alicyclic amines) is 1. The maximum absolute atomic E-state index is 12.3. The molecule has 2 rings (SSSR count). The third-order valence-electron chi connectivity index (χ3n) is 3.15. The molecule has 0 aliphatic carbocycles. The van der Waals surface area contributed by atoms with Crippen LogP contribution in [-0.2, 0) is 0 Å². The van der Waals surface area contributed by atoms with Gasteiger partial charge in [-0.1, -0.05) is 15.9 Å². The summed E-state index contributed by atoms with van der Waals surface area (Å²) in [6.45, 7) is 0.676. The van der Waals surface area contributed by atoms with Crippen molar-refractivity contribution >= 4 is 21.8 Å². The van der Waals surface area contributed by atoms with Crippen molar-refractivity contribution in [3.63, 3.8) is 0 Å². The van der Waals surface area contributed by atoms with Crippen LogP contribution < -0.4 is 4.74 Å². The Morgan fingerprint density at radius 3 is 2.55 bits per heavy atom. The molecule has 0 bridgehead atoms. The van der Waals surface area contributed by atoms with Crippen molar-refractivity contribution in [1.82, 2.24) is 4.90 Å². The van der Waals surface area contributed by atoms with Crippen LogP contribution in [0.25, 0.3) is 0 Å². The van der Waals surface area contributed by atoms with Gasteiger partial charge >= 0.3 is 6.36 Å². The van der Waals surface area contributed by atoms with E-state index in [1.807, 2.05) is 0 Å². The lowest BCUT2D eigenvalue weighted by atomic mass is 10.1. The molecular weight excluding hydrogens is 339 g/mol. The zero-order valence-electron chi connectivity index (χ0n) is 10.5. The molecule has 110 valence electrons. The molecule has 1 amide bonds. The molecule has 1 aliphatic rings. The first kappa shape index (κ1) is 15.2. The van der Waals surface area contributed by atoms with Crippen molar-refractivity contribution in [2.45, 2.75) is 25.2 Å². The molecule has 0 radical (unpaired) electrons. The Labute approximate surface area is 122 Å². The third kappa shape index (κ3) is 3.65. The molecule has 0 N–H and O–H groups in total. The number of halogens is 4. The minimum absolute atomic E-state index is 0.147. The third-order valence-corrected chi connectivity index (χ3v) is 3.90. The van der Waals surface area contributed by atoms with Gasteiger partial charge in [0.05, 0.1) is 0 Å². The van der Waals surface area contributed by atoms with Crippen LogP contribution in [0, 0.1) is 0 Å². The van der Waals surface area contributed by atoms with Gasteiger partial charge in [0.15, 0.2) is 0 Å². The normalized spacial score (nSPS) is 19.2. The number of carbonyl (C=O) groups is 1. The van der Waals surface area contributed by atoms with Gasteiger partial charge in [-0.3, -0.25) is 4.79 Å². The summed E-state index contributed by atoms with van der Waals surface area (Å²) in [5, 5.41) is 0.702. The van der Waals surface area contributed by atoms with E-state index in [4.69, 9.17) is 0 Å². The maximum atomic E-state index is 12.3. The van der Waals surface area contributed by atoms with Crippen LogP contribution >= 0.6 is 15.9 Å². The number of alkyl halides is 4. The van der Waals surface area contributed by atoms with Crippen molar-refractivity contribution in [3.8, 4) is 5.75 Å². The summed E-state index contributed by atoms with van der Waals surface area (Å²) in [4.78, 5) is 14.0. The summed E-state index contributed by atoms with van der Waals surface area (Å²) >= 11 is 3.36. The summed E-state index contributed by atoms with van der Waals surface area (Å²) in [5.74, 6) is -0.488. The van der Waals surface area contributed by atoms with Crippen molar-refractivity contribution in [1.29, 1.82) is 0 Å². The van der Waals surface area contributed by atoms with Crippen LogP contribution in [0.15, 0.2) is 24.3 Å². The van der Waals surface area contributed by atoms with E-state index in [1.54, 1.807) is 4.90 Å². The highest BCUT2D eigenvalue weighted by atomic mass is 79.9. The Morgan fingerprint density at radius 2 is 2.00 bits per heavy atom. The highest BCUT2D eigenvalue weighted by Gasteiger charge is 2.31. The minimum Gasteiger partial charge on any atom is -0.406 e. The largest absolute Gasteiger partial charge is 0.573 e. The molecule has 1 fully saturated rings. The van der Waals surface area contributed by atoms with Gasteiger partial charge in [0, 0.05) is 23.5 Å².